The lowest BCUT2D eigenvalue weighted by molar-refractivity contribution is -0.144. The van der Waals surface area contributed by atoms with E-state index in [0.29, 0.717) is 23.7 Å². The van der Waals surface area contributed by atoms with E-state index < -0.39 is 5.92 Å². The Balaban J connectivity index is 3.08. The first-order valence-electron chi connectivity index (χ1n) is 5.76. The van der Waals surface area contributed by atoms with Crippen molar-refractivity contribution in [3.63, 3.8) is 0 Å². The molecule has 0 aliphatic carbocycles. The van der Waals surface area contributed by atoms with Crippen LogP contribution >= 0.6 is 0 Å². The molecule has 0 radical (unpaired) electrons. The monoisotopic (exact) mass is 253 g/mol. The van der Waals surface area contributed by atoms with Crippen LogP contribution in [-0.4, -0.2) is 33.3 Å². The molecule has 0 aliphatic rings. The van der Waals surface area contributed by atoms with Gasteiger partial charge in [0.15, 0.2) is 0 Å². The third kappa shape index (κ3) is 3.13. The standard InChI is InChI=1S/C13H19NO4/c1-4-18-13(15)11(8-14)10-6-5-9(16-2)7-12(10)17-3/h5-7,11H,4,8,14H2,1-3H3. The number of hydrogen-bond donors (Lipinski definition) is 1. The van der Waals surface area contributed by atoms with Crippen LogP contribution in [0.5, 0.6) is 11.5 Å². The lowest BCUT2D eigenvalue weighted by Crippen LogP contribution is -2.24. The van der Waals surface area contributed by atoms with Crippen LogP contribution in [0.4, 0.5) is 0 Å². The van der Waals surface area contributed by atoms with Gasteiger partial charge in [-0.05, 0) is 13.0 Å². The molecule has 0 saturated carbocycles. The summed E-state index contributed by atoms with van der Waals surface area (Å²) in [5, 5.41) is 0. The van der Waals surface area contributed by atoms with Gasteiger partial charge < -0.3 is 19.9 Å². The third-order valence-electron chi connectivity index (χ3n) is 2.62. The van der Waals surface area contributed by atoms with Gasteiger partial charge in [0.05, 0.1) is 26.7 Å². The first kappa shape index (κ1) is 14.3. The van der Waals surface area contributed by atoms with Gasteiger partial charge in [-0.3, -0.25) is 4.79 Å². The molecule has 0 fully saturated rings. The highest BCUT2D eigenvalue weighted by molar-refractivity contribution is 5.79. The third-order valence-corrected chi connectivity index (χ3v) is 2.62. The molecule has 0 heterocycles. The maximum Gasteiger partial charge on any atom is 0.314 e. The van der Waals surface area contributed by atoms with Crippen molar-refractivity contribution in [1.82, 2.24) is 0 Å². The van der Waals surface area contributed by atoms with Crippen molar-refractivity contribution in [1.29, 1.82) is 0 Å². The molecule has 5 heteroatoms. The fraction of sp³-hybridized carbons (Fsp3) is 0.462. The van der Waals surface area contributed by atoms with Crippen molar-refractivity contribution in [2.75, 3.05) is 27.4 Å². The van der Waals surface area contributed by atoms with Gasteiger partial charge in [0.1, 0.15) is 11.5 Å². The van der Waals surface area contributed by atoms with Crippen molar-refractivity contribution in [2.24, 2.45) is 5.73 Å². The minimum absolute atomic E-state index is 0.168. The van der Waals surface area contributed by atoms with Crippen LogP contribution in [-0.2, 0) is 9.53 Å². The number of methoxy groups -OCH3 is 2. The average Bonchev–Trinajstić information content (AvgIpc) is 2.40. The van der Waals surface area contributed by atoms with Gasteiger partial charge in [0, 0.05) is 18.2 Å². The van der Waals surface area contributed by atoms with Gasteiger partial charge >= 0.3 is 5.97 Å². The Labute approximate surface area is 107 Å². The summed E-state index contributed by atoms with van der Waals surface area (Å²) in [6.07, 6.45) is 0. The molecule has 5 nitrogen and oxygen atoms in total. The normalized spacial score (nSPS) is 11.8. The highest BCUT2D eigenvalue weighted by Crippen LogP contribution is 2.30. The Morgan fingerprint density at radius 3 is 2.56 bits per heavy atom. The number of ether oxygens (including phenoxy) is 3. The zero-order valence-corrected chi connectivity index (χ0v) is 10.9. The summed E-state index contributed by atoms with van der Waals surface area (Å²) >= 11 is 0. The molecule has 2 N–H and O–H groups in total. The van der Waals surface area contributed by atoms with E-state index in [1.54, 1.807) is 32.2 Å². The summed E-state index contributed by atoms with van der Waals surface area (Å²) in [5.41, 5.74) is 6.35. The quantitative estimate of drug-likeness (QED) is 0.774. The number of esters is 1. The molecule has 0 amide bonds. The van der Waals surface area contributed by atoms with Crippen LogP contribution < -0.4 is 15.2 Å². The number of benzene rings is 1. The van der Waals surface area contributed by atoms with Crippen LogP contribution in [0.2, 0.25) is 0 Å². The van der Waals surface area contributed by atoms with E-state index in [1.165, 1.54) is 7.11 Å². The highest BCUT2D eigenvalue weighted by Gasteiger charge is 2.24. The zero-order valence-electron chi connectivity index (χ0n) is 10.9. The highest BCUT2D eigenvalue weighted by atomic mass is 16.5. The number of nitrogens with two attached hydrogens (primary N) is 1. The molecular formula is C13H19NO4. The summed E-state index contributed by atoms with van der Waals surface area (Å²) in [6, 6.07) is 5.25. The Kier molecular flexibility index (Phi) is 5.45. The summed E-state index contributed by atoms with van der Waals surface area (Å²) < 4.78 is 15.4. The molecule has 1 unspecified atom stereocenters. The van der Waals surface area contributed by atoms with Crippen molar-refractivity contribution in [3.05, 3.63) is 23.8 Å². The summed E-state index contributed by atoms with van der Waals surface area (Å²) in [5.74, 6) is 0.363. The fourth-order valence-electron chi connectivity index (χ4n) is 1.70. The largest absolute Gasteiger partial charge is 0.497 e. The number of hydrogen-bond acceptors (Lipinski definition) is 5. The van der Waals surface area contributed by atoms with Crippen molar-refractivity contribution < 1.29 is 19.0 Å². The second-order valence-corrected chi connectivity index (χ2v) is 3.65. The van der Waals surface area contributed by atoms with Crippen LogP contribution in [0.25, 0.3) is 0 Å². The lowest BCUT2D eigenvalue weighted by atomic mass is 9.98. The molecule has 1 aromatic rings. The minimum Gasteiger partial charge on any atom is -0.497 e. The van der Waals surface area contributed by atoms with Crippen molar-refractivity contribution in [2.45, 2.75) is 12.8 Å². The Bertz CT molecular complexity index is 406. The topological polar surface area (TPSA) is 70.8 Å². The molecular weight excluding hydrogens is 234 g/mol. The van der Waals surface area contributed by atoms with E-state index in [2.05, 4.69) is 0 Å². The van der Waals surface area contributed by atoms with Crippen LogP contribution in [0.15, 0.2) is 18.2 Å². The molecule has 1 rings (SSSR count). The Hall–Kier alpha value is -1.75. The van der Waals surface area contributed by atoms with Crippen molar-refractivity contribution >= 4 is 5.97 Å². The maximum atomic E-state index is 11.8. The zero-order chi connectivity index (χ0) is 13.5. The Morgan fingerprint density at radius 1 is 1.33 bits per heavy atom. The van der Waals surface area contributed by atoms with Gasteiger partial charge in [0.25, 0.3) is 0 Å². The van der Waals surface area contributed by atoms with E-state index in [-0.39, 0.29) is 12.5 Å². The predicted molar refractivity (Wildman–Crippen MR) is 68.0 cm³/mol. The van der Waals surface area contributed by atoms with E-state index >= 15 is 0 Å². The van der Waals surface area contributed by atoms with Gasteiger partial charge in [-0.1, -0.05) is 6.07 Å². The van der Waals surface area contributed by atoms with E-state index in [4.69, 9.17) is 19.9 Å². The van der Waals surface area contributed by atoms with Gasteiger partial charge in [0.2, 0.25) is 0 Å². The molecule has 0 aromatic heterocycles. The second kappa shape index (κ2) is 6.86. The maximum absolute atomic E-state index is 11.8. The first-order chi connectivity index (χ1) is 8.67. The van der Waals surface area contributed by atoms with Gasteiger partial charge in [-0.15, -0.1) is 0 Å². The molecule has 18 heavy (non-hydrogen) atoms. The van der Waals surface area contributed by atoms with Gasteiger partial charge in [-0.25, -0.2) is 0 Å². The summed E-state index contributed by atoms with van der Waals surface area (Å²) in [7, 11) is 3.11. The molecule has 0 spiro atoms. The van der Waals surface area contributed by atoms with Gasteiger partial charge in [-0.2, -0.15) is 0 Å². The van der Waals surface area contributed by atoms with E-state index in [0.717, 1.165) is 0 Å². The number of carbonyl (C=O) groups excluding carboxylic acids is 1. The van der Waals surface area contributed by atoms with E-state index in [9.17, 15) is 4.79 Å². The smallest absolute Gasteiger partial charge is 0.314 e. The number of carbonyl (C=O) groups is 1. The Morgan fingerprint density at radius 2 is 2.06 bits per heavy atom. The molecule has 100 valence electrons. The second-order valence-electron chi connectivity index (χ2n) is 3.65. The SMILES string of the molecule is CCOC(=O)C(CN)c1ccc(OC)cc1OC. The van der Waals surface area contributed by atoms with Crippen LogP contribution in [0, 0.1) is 0 Å². The van der Waals surface area contributed by atoms with E-state index in [1.807, 2.05) is 0 Å². The molecule has 1 atom stereocenters. The number of rotatable bonds is 6. The lowest BCUT2D eigenvalue weighted by Gasteiger charge is -2.17. The van der Waals surface area contributed by atoms with Crippen LogP contribution in [0.1, 0.15) is 18.4 Å². The first-order valence-corrected chi connectivity index (χ1v) is 5.76. The predicted octanol–water partition coefficient (Wildman–Crippen LogP) is 1.31. The summed E-state index contributed by atoms with van der Waals surface area (Å²) in [6.45, 7) is 2.26. The van der Waals surface area contributed by atoms with Crippen molar-refractivity contribution in [3.8, 4) is 11.5 Å². The molecule has 0 saturated heterocycles. The minimum atomic E-state index is -0.522. The molecule has 1 aromatic carbocycles. The summed E-state index contributed by atoms with van der Waals surface area (Å²) in [4.78, 5) is 11.8. The average molecular weight is 253 g/mol. The molecule has 0 bridgehead atoms. The van der Waals surface area contributed by atoms with Crippen LogP contribution in [0.3, 0.4) is 0 Å². The molecule has 0 aliphatic heterocycles. The fourth-order valence-corrected chi connectivity index (χ4v) is 1.70.